The van der Waals surface area contributed by atoms with Gasteiger partial charge >= 0.3 is 0 Å². The van der Waals surface area contributed by atoms with Gasteiger partial charge in [-0.3, -0.25) is 0 Å². The first-order valence-electron chi connectivity index (χ1n) is 10.9. The molecule has 1 aromatic carbocycles. The normalized spacial score (nSPS) is 27.0. The molecule has 0 saturated heterocycles. The fourth-order valence-electron chi connectivity index (χ4n) is 6.19. The van der Waals surface area contributed by atoms with Crippen molar-refractivity contribution in [3.8, 4) is 0 Å². The molecule has 4 rings (SSSR count). The lowest BCUT2D eigenvalue weighted by Gasteiger charge is -2.45. The fourth-order valence-corrected chi connectivity index (χ4v) is 6.19. The molecule has 0 bridgehead atoms. The highest BCUT2D eigenvalue weighted by Gasteiger charge is 2.40. The van der Waals surface area contributed by atoms with Gasteiger partial charge in [-0.1, -0.05) is 58.7 Å². The van der Waals surface area contributed by atoms with Crippen molar-refractivity contribution in [2.45, 2.75) is 84.6 Å². The number of nitrogens with one attached hydrogen (secondary N) is 1. The topological polar surface area (TPSA) is 12.0 Å². The minimum absolute atomic E-state index is 0. The predicted octanol–water partition coefficient (Wildman–Crippen LogP) is 7.11. The number of benzene rings is 1. The molecule has 0 spiro atoms. The Balaban J connectivity index is 0.00000225. The molecule has 3 aliphatic rings. The summed E-state index contributed by atoms with van der Waals surface area (Å²) in [6, 6.07) is 6.33. The van der Waals surface area contributed by atoms with E-state index < -0.39 is 0 Å². The first-order valence-corrected chi connectivity index (χ1v) is 10.9. The summed E-state index contributed by atoms with van der Waals surface area (Å²) >= 11 is 0. The Kier molecular flexibility index (Phi) is 6.32. The Morgan fingerprint density at radius 3 is 2.39 bits per heavy atom. The molecule has 2 fully saturated rings. The zero-order valence-electron chi connectivity index (χ0n) is 18.0. The van der Waals surface area contributed by atoms with Crippen LogP contribution in [0.2, 0.25) is 0 Å². The van der Waals surface area contributed by atoms with Crippen LogP contribution < -0.4 is 5.32 Å². The molecule has 2 saturated carbocycles. The van der Waals surface area contributed by atoms with Gasteiger partial charge in [0.25, 0.3) is 0 Å². The van der Waals surface area contributed by atoms with E-state index in [0.717, 1.165) is 37.3 Å². The van der Waals surface area contributed by atoms with Crippen molar-refractivity contribution in [3.63, 3.8) is 0 Å². The van der Waals surface area contributed by atoms with Crippen LogP contribution in [0.25, 0.3) is 5.57 Å². The zero-order chi connectivity index (χ0) is 19.2. The van der Waals surface area contributed by atoms with Crippen LogP contribution in [0.5, 0.6) is 0 Å². The third-order valence-electron chi connectivity index (χ3n) is 6.90. The number of hydrogen-bond donors (Lipinski definition) is 1. The summed E-state index contributed by atoms with van der Waals surface area (Å²) < 4.78 is 15.2. The van der Waals surface area contributed by atoms with Gasteiger partial charge in [-0.25, -0.2) is 4.39 Å². The lowest BCUT2D eigenvalue weighted by molar-refractivity contribution is 0.0956. The first kappa shape index (κ1) is 21.8. The van der Waals surface area contributed by atoms with Crippen molar-refractivity contribution in [1.82, 2.24) is 5.32 Å². The molecule has 156 valence electrons. The minimum Gasteiger partial charge on any atom is -0.310 e. The van der Waals surface area contributed by atoms with Gasteiger partial charge < -0.3 is 5.32 Å². The molecule has 1 atom stereocenters. The van der Waals surface area contributed by atoms with Crippen LogP contribution in [0.3, 0.4) is 0 Å². The SMILES string of the molecule is CC1(C)CC(c2c(F)cccc2C2=CCNC(CC3CC3)C2)CC(C)(C)C1.Cl. The van der Waals surface area contributed by atoms with E-state index in [0.29, 0.717) is 12.0 Å². The Morgan fingerprint density at radius 2 is 1.75 bits per heavy atom. The average molecular weight is 406 g/mol. The Morgan fingerprint density at radius 1 is 1.07 bits per heavy atom. The lowest BCUT2D eigenvalue weighted by atomic mass is 9.59. The third-order valence-corrected chi connectivity index (χ3v) is 6.90. The monoisotopic (exact) mass is 405 g/mol. The van der Waals surface area contributed by atoms with E-state index in [4.69, 9.17) is 0 Å². The predicted molar refractivity (Wildman–Crippen MR) is 120 cm³/mol. The Labute approximate surface area is 177 Å². The molecule has 1 heterocycles. The van der Waals surface area contributed by atoms with E-state index in [1.165, 1.54) is 36.8 Å². The summed E-state index contributed by atoms with van der Waals surface area (Å²) in [5, 5.41) is 3.66. The van der Waals surface area contributed by atoms with E-state index in [9.17, 15) is 0 Å². The molecular weight excluding hydrogens is 369 g/mol. The van der Waals surface area contributed by atoms with Crippen LogP contribution in [0.1, 0.15) is 89.7 Å². The van der Waals surface area contributed by atoms with Crippen LogP contribution in [0, 0.1) is 22.6 Å². The standard InChI is InChI=1S/C25H36FN.ClH/c1-24(2)14-19(15-25(3,4)16-24)23-21(6-5-7-22(23)26)18-10-11-27-20(13-18)12-17-8-9-17;/h5-7,10,17,19-20,27H,8-9,11-16H2,1-4H3;1H. The molecule has 1 nitrogen and oxygen atoms in total. The molecule has 1 N–H and O–H groups in total. The highest BCUT2D eigenvalue weighted by molar-refractivity contribution is 5.85. The van der Waals surface area contributed by atoms with Crippen LogP contribution >= 0.6 is 12.4 Å². The smallest absolute Gasteiger partial charge is 0.127 e. The second-order valence-electron chi connectivity index (χ2n) is 11.0. The summed E-state index contributed by atoms with van der Waals surface area (Å²) in [6.07, 6.45) is 10.8. The van der Waals surface area contributed by atoms with Crippen molar-refractivity contribution < 1.29 is 4.39 Å². The van der Waals surface area contributed by atoms with Gasteiger partial charge in [-0.15, -0.1) is 12.4 Å². The van der Waals surface area contributed by atoms with Gasteiger partial charge in [0.05, 0.1) is 0 Å². The summed E-state index contributed by atoms with van der Waals surface area (Å²) in [4.78, 5) is 0. The second-order valence-corrected chi connectivity index (χ2v) is 11.0. The van der Waals surface area contributed by atoms with Crippen LogP contribution in [-0.4, -0.2) is 12.6 Å². The van der Waals surface area contributed by atoms with Gasteiger partial charge in [0.2, 0.25) is 0 Å². The molecule has 28 heavy (non-hydrogen) atoms. The van der Waals surface area contributed by atoms with Crippen LogP contribution in [0.4, 0.5) is 4.39 Å². The minimum atomic E-state index is 0. The quantitative estimate of drug-likeness (QED) is 0.562. The molecule has 3 heteroatoms. The molecule has 1 aliphatic heterocycles. The van der Waals surface area contributed by atoms with Gasteiger partial charge in [0.1, 0.15) is 5.82 Å². The Bertz CT molecular complexity index is 716. The van der Waals surface area contributed by atoms with Crippen molar-refractivity contribution in [3.05, 3.63) is 41.2 Å². The molecular formula is C25H37ClFN. The molecule has 2 aliphatic carbocycles. The number of hydrogen-bond acceptors (Lipinski definition) is 1. The first-order chi connectivity index (χ1) is 12.7. The van der Waals surface area contributed by atoms with E-state index in [-0.39, 0.29) is 29.1 Å². The van der Waals surface area contributed by atoms with Crippen molar-refractivity contribution in [2.75, 3.05) is 6.54 Å². The molecule has 1 unspecified atom stereocenters. The molecule has 0 amide bonds. The maximum Gasteiger partial charge on any atom is 0.127 e. The second kappa shape index (κ2) is 8.11. The molecule has 0 aromatic heterocycles. The van der Waals surface area contributed by atoms with Crippen LogP contribution in [0.15, 0.2) is 24.3 Å². The van der Waals surface area contributed by atoms with E-state index in [1.54, 1.807) is 6.07 Å². The van der Waals surface area contributed by atoms with Crippen molar-refractivity contribution >= 4 is 18.0 Å². The van der Waals surface area contributed by atoms with Crippen molar-refractivity contribution in [1.29, 1.82) is 0 Å². The van der Waals surface area contributed by atoms with Gasteiger partial charge in [0.15, 0.2) is 0 Å². The van der Waals surface area contributed by atoms with E-state index >= 15 is 4.39 Å². The highest BCUT2D eigenvalue weighted by Crippen LogP contribution is 2.53. The summed E-state index contributed by atoms with van der Waals surface area (Å²) in [7, 11) is 0. The number of rotatable bonds is 4. The highest BCUT2D eigenvalue weighted by atomic mass is 35.5. The van der Waals surface area contributed by atoms with Crippen molar-refractivity contribution in [2.24, 2.45) is 16.7 Å². The van der Waals surface area contributed by atoms with E-state index in [2.05, 4.69) is 45.2 Å². The maximum absolute atomic E-state index is 15.2. The fraction of sp³-hybridized carbons (Fsp3) is 0.680. The Hall–Kier alpha value is -0.860. The largest absolute Gasteiger partial charge is 0.310 e. The third kappa shape index (κ3) is 5.00. The molecule has 0 radical (unpaired) electrons. The summed E-state index contributed by atoms with van der Waals surface area (Å²) in [6.45, 7) is 10.4. The average Bonchev–Trinajstić information content (AvgIpc) is 3.36. The van der Waals surface area contributed by atoms with E-state index in [1.807, 2.05) is 6.07 Å². The summed E-state index contributed by atoms with van der Waals surface area (Å²) in [5.41, 5.74) is 4.09. The maximum atomic E-state index is 15.2. The number of halogens is 2. The summed E-state index contributed by atoms with van der Waals surface area (Å²) in [5.74, 6) is 1.25. The lowest BCUT2D eigenvalue weighted by Crippen LogP contribution is -2.35. The van der Waals surface area contributed by atoms with Gasteiger partial charge in [0, 0.05) is 12.6 Å². The molecule has 1 aromatic rings. The zero-order valence-corrected chi connectivity index (χ0v) is 18.8. The van der Waals surface area contributed by atoms with Crippen LogP contribution in [-0.2, 0) is 0 Å². The van der Waals surface area contributed by atoms with Gasteiger partial charge in [-0.2, -0.15) is 0 Å². The van der Waals surface area contributed by atoms with Gasteiger partial charge in [-0.05, 0) is 77.5 Å².